The Morgan fingerprint density at radius 1 is 1.35 bits per heavy atom. The maximum Gasteiger partial charge on any atom is 0.248 e. The second-order valence-electron chi connectivity index (χ2n) is 4.59. The first-order valence-corrected chi connectivity index (χ1v) is 6.20. The number of nitrogens with zero attached hydrogens (tertiary/aromatic N) is 1. The average Bonchev–Trinajstić information content (AvgIpc) is 2.38. The largest absolute Gasteiger partial charge is 0.366 e. The molecule has 3 nitrogen and oxygen atoms in total. The lowest BCUT2D eigenvalue weighted by Gasteiger charge is -2.17. The summed E-state index contributed by atoms with van der Waals surface area (Å²) in [7, 11) is 0. The molecule has 0 bridgehead atoms. The van der Waals surface area contributed by atoms with Crippen LogP contribution in [-0.4, -0.2) is 10.9 Å². The van der Waals surface area contributed by atoms with Crippen LogP contribution in [0.5, 0.6) is 0 Å². The number of rotatable bonds is 3. The summed E-state index contributed by atoms with van der Waals surface area (Å²) in [5, 5.41) is 0. The first-order valence-electron chi connectivity index (χ1n) is 6.20. The van der Waals surface area contributed by atoms with Crippen molar-refractivity contribution in [1.29, 1.82) is 0 Å². The molecule has 1 heterocycles. The van der Waals surface area contributed by atoms with E-state index in [2.05, 4.69) is 11.1 Å². The summed E-state index contributed by atoms with van der Waals surface area (Å²) < 4.78 is 0. The molecule has 1 fully saturated rings. The van der Waals surface area contributed by atoms with Crippen LogP contribution in [0.2, 0.25) is 0 Å². The summed E-state index contributed by atoms with van der Waals surface area (Å²) in [5.41, 5.74) is 6.56. The van der Waals surface area contributed by atoms with E-state index >= 15 is 0 Å². The van der Waals surface area contributed by atoms with Gasteiger partial charge in [-0.3, -0.25) is 9.78 Å². The Hall–Kier alpha value is -1.64. The maximum atomic E-state index is 11.0. The smallest absolute Gasteiger partial charge is 0.248 e. The molecule has 90 valence electrons. The second kappa shape index (κ2) is 5.62. The van der Waals surface area contributed by atoms with Gasteiger partial charge in [-0.15, -0.1) is 0 Å². The Bertz CT molecular complexity index is 420. The minimum absolute atomic E-state index is 0.403. The van der Waals surface area contributed by atoms with Gasteiger partial charge in [0.1, 0.15) is 0 Å². The maximum absolute atomic E-state index is 11.0. The molecule has 0 radical (unpaired) electrons. The monoisotopic (exact) mass is 230 g/mol. The molecule has 0 atom stereocenters. The number of nitrogens with two attached hydrogens (primary N) is 1. The van der Waals surface area contributed by atoms with Crippen molar-refractivity contribution in [3.05, 3.63) is 35.7 Å². The van der Waals surface area contributed by atoms with Crippen molar-refractivity contribution < 1.29 is 4.79 Å². The van der Waals surface area contributed by atoms with Crippen molar-refractivity contribution in [2.45, 2.75) is 32.1 Å². The highest BCUT2D eigenvalue weighted by atomic mass is 16.1. The molecular formula is C14H18N2O. The molecular weight excluding hydrogens is 212 g/mol. The van der Waals surface area contributed by atoms with Gasteiger partial charge in [0.05, 0.1) is 5.69 Å². The third kappa shape index (κ3) is 3.41. The van der Waals surface area contributed by atoms with E-state index in [0.717, 1.165) is 5.69 Å². The lowest BCUT2D eigenvalue weighted by molar-refractivity contribution is 0.1000. The van der Waals surface area contributed by atoms with Crippen molar-refractivity contribution >= 4 is 12.0 Å². The Kier molecular flexibility index (Phi) is 3.91. The molecule has 17 heavy (non-hydrogen) atoms. The number of carbonyl (C=O) groups excluding carboxylic acids is 1. The van der Waals surface area contributed by atoms with Crippen LogP contribution in [0, 0.1) is 5.92 Å². The highest BCUT2D eigenvalue weighted by Crippen LogP contribution is 2.25. The summed E-state index contributed by atoms with van der Waals surface area (Å²) >= 11 is 0. The summed E-state index contributed by atoms with van der Waals surface area (Å²) in [6.45, 7) is 0. The molecule has 0 saturated heterocycles. The molecule has 0 aromatic carbocycles. The molecule has 3 heteroatoms. The Morgan fingerprint density at radius 2 is 2.12 bits per heavy atom. The van der Waals surface area contributed by atoms with Crippen molar-refractivity contribution in [2.24, 2.45) is 11.7 Å². The molecule has 0 unspecified atom stereocenters. The van der Waals surface area contributed by atoms with Crippen LogP contribution in [0.25, 0.3) is 6.08 Å². The highest BCUT2D eigenvalue weighted by molar-refractivity contribution is 5.93. The Balaban J connectivity index is 2.04. The first-order chi connectivity index (χ1) is 8.25. The number of aromatic nitrogens is 1. The van der Waals surface area contributed by atoms with Gasteiger partial charge in [0.2, 0.25) is 5.91 Å². The van der Waals surface area contributed by atoms with E-state index in [4.69, 9.17) is 5.73 Å². The van der Waals surface area contributed by atoms with Gasteiger partial charge in [0.15, 0.2) is 0 Å². The van der Waals surface area contributed by atoms with Gasteiger partial charge in [0.25, 0.3) is 0 Å². The lowest BCUT2D eigenvalue weighted by Crippen LogP contribution is -2.11. The number of hydrogen-bond acceptors (Lipinski definition) is 2. The topological polar surface area (TPSA) is 56.0 Å². The standard InChI is InChI=1S/C14H18N2O/c15-14(17)12-8-9-16-13(10-12)7-6-11-4-2-1-3-5-11/h6-11H,1-5H2,(H2,15,17). The first kappa shape index (κ1) is 11.8. The van der Waals surface area contributed by atoms with Crippen LogP contribution in [0.3, 0.4) is 0 Å². The molecule has 1 amide bonds. The molecule has 2 rings (SSSR count). The average molecular weight is 230 g/mol. The molecule has 0 aliphatic heterocycles. The third-order valence-electron chi connectivity index (χ3n) is 3.25. The molecule has 1 saturated carbocycles. The fourth-order valence-electron chi connectivity index (χ4n) is 2.25. The number of amides is 1. The fourth-order valence-corrected chi connectivity index (χ4v) is 2.25. The number of primary amides is 1. The van der Waals surface area contributed by atoms with Crippen LogP contribution in [-0.2, 0) is 0 Å². The van der Waals surface area contributed by atoms with E-state index in [-0.39, 0.29) is 0 Å². The summed E-state index contributed by atoms with van der Waals surface area (Å²) in [6.07, 6.45) is 12.4. The van der Waals surface area contributed by atoms with Crippen LogP contribution in [0.4, 0.5) is 0 Å². The number of allylic oxidation sites excluding steroid dienone is 1. The van der Waals surface area contributed by atoms with Gasteiger partial charge in [-0.25, -0.2) is 0 Å². The molecule has 2 N–H and O–H groups in total. The number of pyridine rings is 1. The predicted octanol–water partition coefficient (Wildman–Crippen LogP) is 2.77. The zero-order chi connectivity index (χ0) is 12.1. The van der Waals surface area contributed by atoms with E-state index in [1.807, 2.05) is 6.08 Å². The Labute approximate surface area is 102 Å². The van der Waals surface area contributed by atoms with E-state index in [0.29, 0.717) is 11.5 Å². The van der Waals surface area contributed by atoms with E-state index in [9.17, 15) is 4.79 Å². The number of carbonyl (C=O) groups is 1. The van der Waals surface area contributed by atoms with Gasteiger partial charge < -0.3 is 5.73 Å². The van der Waals surface area contributed by atoms with Crippen LogP contribution in [0.1, 0.15) is 48.2 Å². The van der Waals surface area contributed by atoms with Gasteiger partial charge >= 0.3 is 0 Å². The lowest BCUT2D eigenvalue weighted by atomic mass is 9.89. The zero-order valence-electron chi connectivity index (χ0n) is 9.93. The van der Waals surface area contributed by atoms with Gasteiger partial charge in [-0.1, -0.05) is 25.3 Å². The summed E-state index contributed by atoms with van der Waals surface area (Å²) in [4.78, 5) is 15.2. The van der Waals surface area contributed by atoms with Crippen molar-refractivity contribution in [3.63, 3.8) is 0 Å². The minimum atomic E-state index is -0.403. The van der Waals surface area contributed by atoms with Crippen molar-refractivity contribution in [2.75, 3.05) is 0 Å². The Morgan fingerprint density at radius 3 is 2.82 bits per heavy atom. The molecule has 1 aliphatic carbocycles. The van der Waals surface area contributed by atoms with Crippen LogP contribution >= 0.6 is 0 Å². The SMILES string of the molecule is NC(=O)c1ccnc(C=CC2CCCCC2)c1. The third-order valence-corrected chi connectivity index (χ3v) is 3.25. The van der Waals surface area contributed by atoms with E-state index < -0.39 is 5.91 Å². The molecule has 1 aliphatic rings. The van der Waals surface area contributed by atoms with Crippen LogP contribution < -0.4 is 5.73 Å². The van der Waals surface area contributed by atoms with Gasteiger partial charge in [-0.2, -0.15) is 0 Å². The quantitative estimate of drug-likeness (QED) is 0.868. The normalized spacial score (nSPS) is 17.4. The molecule has 1 aromatic rings. The van der Waals surface area contributed by atoms with Crippen molar-refractivity contribution in [3.8, 4) is 0 Å². The second-order valence-corrected chi connectivity index (χ2v) is 4.59. The zero-order valence-corrected chi connectivity index (χ0v) is 9.93. The highest BCUT2D eigenvalue weighted by Gasteiger charge is 2.09. The minimum Gasteiger partial charge on any atom is -0.366 e. The van der Waals surface area contributed by atoms with E-state index in [1.54, 1.807) is 18.3 Å². The van der Waals surface area contributed by atoms with E-state index in [1.165, 1.54) is 32.1 Å². The van der Waals surface area contributed by atoms with Gasteiger partial charge in [0, 0.05) is 11.8 Å². The van der Waals surface area contributed by atoms with Crippen molar-refractivity contribution in [1.82, 2.24) is 4.98 Å². The van der Waals surface area contributed by atoms with Crippen LogP contribution in [0.15, 0.2) is 24.4 Å². The number of hydrogen-bond donors (Lipinski definition) is 1. The molecule has 1 aromatic heterocycles. The van der Waals surface area contributed by atoms with Gasteiger partial charge in [-0.05, 0) is 37.0 Å². The fraction of sp³-hybridized carbons (Fsp3) is 0.429. The predicted molar refractivity (Wildman–Crippen MR) is 68.4 cm³/mol. The summed E-state index contributed by atoms with van der Waals surface area (Å²) in [6, 6.07) is 3.38. The summed E-state index contributed by atoms with van der Waals surface area (Å²) in [5.74, 6) is 0.266. The molecule has 0 spiro atoms.